The molecule has 1 aliphatic rings. The molecule has 0 aliphatic carbocycles. The zero-order chi connectivity index (χ0) is 14.6. The summed E-state index contributed by atoms with van der Waals surface area (Å²) in [5.41, 5.74) is 1.21. The van der Waals surface area contributed by atoms with E-state index in [4.69, 9.17) is 9.98 Å². The first-order chi connectivity index (χ1) is 9.50. The van der Waals surface area contributed by atoms with Crippen LogP contribution in [0, 0.1) is 0 Å². The third kappa shape index (κ3) is 5.39. The van der Waals surface area contributed by atoms with Crippen molar-refractivity contribution in [1.29, 1.82) is 0 Å². The molecule has 1 saturated heterocycles. The molecule has 0 amide bonds. The summed E-state index contributed by atoms with van der Waals surface area (Å²) in [5.74, 6) is 1.04. The first-order valence-corrected chi connectivity index (χ1v) is 8.37. The Morgan fingerprint density at radius 1 is 1.38 bits per heavy atom. The highest BCUT2D eigenvalue weighted by Gasteiger charge is 2.18. The number of aliphatic imine (C=N–C) groups is 1. The van der Waals surface area contributed by atoms with E-state index in [9.17, 15) is 0 Å². The van der Waals surface area contributed by atoms with Crippen LogP contribution in [0.4, 0.5) is 0 Å². The van der Waals surface area contributed by atoms with Crippen LogP contribution in [0.5, 0.6) is 0 Å². The van der Waals surface area contributed by atoms with Gasteiger partial charge in [0.1, 0.15) is 0 Å². The summed E-state index contributed by atoms with van der Waals surface area (Å²) < 4.78 is 0. The van der Waals surface area contributed by atoms with Gasteiger partial charge in [-0.3, -0.25) is 0 Å². The highest BCUT2D eigenvalue weighted by Crippen LogP contribution is 2.25. The van der Waals surface area contributed by atoms with Gasteiger partial charge in [0, 0.05) is 30.4 Å². The minimum Gasteiger partial charge on any atom is -0.357 e. The Morgan fingerprint density at radius 3 is 2.57 bits per heavy atom. The van der Waals surface area contributed by atoms with Crippen LogP contribution in [0.3, 0.4) is 0 Å². The van der Waals surface area contributed by atoms with E-state index in [2.05, 4.69) is 43.3 Å². The molecule has 6 heteroatoms. The lowest BCUT2D eigenvalue weighted by Crippen LogP contribution is -2.39. The van der Waals surface area contributed by atoms with Crippen LogP contribution in [0.2, 0.25) is 0 Å². The second-order valence-corrected chi connectivity index (χ2v) is 7.12. The lowest BCUT2D eigenvalue weighted by atomic mass is 9.98. The van der Waals surface area contributed by atoms with Crippen LogP contribution in [0.25, 0.3) is 0 Å². The van der Waals surface area contributed by atoms with Crippen LogP contribution in [0.1, 0.15) is 51.2 Å². The standard InChI is InChI=1S/C15H26N4S.HI/c1-5-16-14(19-8-6-7-9-19)17-10-12-11-20-13(18-12)15(2,3)4;/h11H,5-10H2,1-4H3,(H,16,17);1H. The van der Waals surface area contributed by atoms with Crippen LogP contribution in [-0.2, 0) is 12.0 Å². The van der Waals surface area contributed by atoms with E-state index < -0.39 is 0 Å². The van der Waals surface area contributed by atoms with Gasteiger partial charge in [-0.15, -0.1) is 35.3 Å². The van der Waals surface area contributed by atoms with E-state index in [1.165, 1.54) is 17.8 Å². The third-order valence-corrected chi connectivity index (χ3v) is 4.64. The number of likely N-dealkylation sites (tertiary alicyclic amines) is 1. The number of hydrogen-bond donors (Lipinski definition) is 1. The molecule has 21 heavy (non-hydrogen) atoms. The molecule has 120 valence electrons. The normalized spacial score (nSPS) is 16.0. The van der Waals surface area contributed by atoms with Gasteiger partial charge in [-0.2, -0.15) is 0 Å². The molecule has 1 fully saturated rings. The molecule has 0 aromatic carbocycles. The zero-order valence-corrected chi connectivity index (χ0v) is 16.6. The fourth-order valence-corrected chi connectivity index (χ4v) is 3.13. The quantitative estimate of drug-likeness (QED) is 0.460. The van der Waals surface area contributed by atoms with Crippen molar-refractivity contribution in [2.24, 2.45) is 4.99 Å². The van der Waals surface area contributed by atoms with Crippen molar-refractivity contribution in [1.82, 2.24) is 15.2 Å². The van der Waals surface area contributed by atoms with Crippen molar-refractivity contribution in [3.8, 4) is 0 Å². The fourth-order valence-electron chi connectivity index (χ4n) is 2.23. The Kier molecular flexibility index (Phi) is 7.39. The van der Waals surface area contributed by atoms with Crippen molar-refractivity contribution in [3.05, 3.63) is 16.1 Å². The van der Waals surface area contributed by atoms with Crippen LogP contribution in [-0.4, -0.2) is 35.5 Å². The summed E-state index contributed by atoms with van der Waals surface area (Å²) >= 11 is 1.74. The Bertz CT molecular complexity index is 458. The number of thiazole rings is 1. The maximum absolute atomic E-state index is 4.74. The third-order valence-electron chi connectivity index (χ3n) is 3.32. The average Bonchev–Trinajstić information content (AvgIpc) is 3.04. The van der Waals surface area contributed by atoms with Crippen molar-refractivity contribution < 1.29 is 0 Å². The molecule has 2 rings (SSSR count). The highest BCUT2D eigenvalue weighted by molar-refractivity contribution is 14.0. The Hall–Kier alpha value is -0.370. The second-order valence-electron chi connectivity index (χ2n) is 6.26. The van der Waals surface area contributed by atoms with E-state index >= 15 is 0 Å². The van der Waals surface area contributed by atoms with Crippen LogP contribution in [0.15, 0.2) is 10.4 Å². The highest BCUT2D eigenvalue weighted by atomic mass is 127. The maximum Gasteiger partial charge on any atom is 0.194 e. The van der Waals surface area contributed by atoms with Gasteiger partial charge in [0.05, 0.1) is 17.2 Å². The smallest absolute Gasteiger partial charge is 0.194 e. The number of rotatable bonds is 3. The van der Waals surface area contributed by atoms with E-state index in [1.54, 1.807) is 11.3 Å². The van der Waals surface area contributed by atoms with E-state index in [1.807, 2.05) is 0 Å². The molecule has 1 aromatic rings. The minimum absolute atomic E-state index is 0. The van der Waals surface area contributed by atoms with Crippen molar-refractivity contribution in [3.63, 3.8) is 0 Å². The molecule has 0 unspecified atom stereocenters. The first-order valence-electron chi connectivity index (χ1n) is 7.49. The van der Waals surface area contributed by atoms with E-state index in [0.29, 0.717) is 6.54 Å². The first kappa shape index (κ1) is 18.7. The van der Waals surface area contributed by atoms with E-state index in [0.717, 1.165) is 31.3 Å². The molecule has 1 N–H and O–H groups in total. The largest absolute Gasteiger partial charge is 0.357 e. The molecule has 2 heterocycles. The molecule has 4 nitrogen and oxygen atoms in total. The van der Waals surface area contributed by atoms with Gasteiger partial charge in [-0.1, -0.05) is 20.8 Å². The number of aromatic nitrogens is 1. The van der Waals surface area contributed by atoms with Crippen molar-refractivity contribution in [2.75, 3.05) is 19.6 Å². The fraction of sp³-hybridized carbons (Fsp3) is 0.733. The van der Waals surface area contributed by atoms with Gasteiger partial charge in [-0.25, -0.2) is 9.98 Å². The predicted molar refractivity (Wildman–Crippen MR) is 102 cm³/mol. The maximum atomic E-state index is 4.74. The summed E-state index contributed by atoms with van der Waals surface area (Å²) in [7, 11) is 0. The second kappa shape index (κ2) is 8.31. The topological polar surface area (TPSA) is 40.5 Å². The molecule has 0 atom stereocenters. The molecule has 0 radical (unpaired) electrons. The molecule has 0 bridgehead atoms. The molecule has 0 saturated carbocycles. The Balaban J connectivity index is 0.00000220. The summed E-state index contributed by atoms with van der Waals surface area (Å²) in [6.07, 6.45) is 2.55. The molecule has 0 spiro atoms. The average molecular weight is 422 g/mol. The van der Waals surface area contributed by atoms with Gasteiger partial charge in [0.25, 0.3) is 0 Å². The number of nitrogens with one attached hydrogen (secondary N) is 1. The lowest BCUT2D eigenvalue weighted by Gasteiger charge is -2.20. The molecular formula is C15H27IN4S. The zero-order valence-electron chi connectivity index (χ0n) is 13.5. The SMILES string of the molecule is CCNC(=NCc1csc(C(C)(C)C)n1)N1CCCC1.I. The summed E-state index contributed by atoms with van der Waals surface area (Å²) in [6.45, 7) is 12.6. The summed E-state index contributed by atoms with van der Waals surface area (Å²) in [6, 6.07) is 0. The van der Waals surface area contributed by atoms with Gasteiger partial charge >= 0.3 is 0 Å². The molecular weight excluding hydrogens is 395 g/mol. The van der Waals surface area contributed by atoms with Crippen LogP contribution < -0.4 is 5.32 Å². The van der Waals surface area contributed by atoms with Gasteiger partial charge < -0.3 is 10.2 Å². The van der Waals surface area contributed by atoms with E-state index in [-0.39, 0.29) is 29.4 Å². The predicted octanol–water partition coefficient (Wildman–Crippen LogP) is 3.62. The van der Waals surface area contributed by atoms with Gasteiger partial charge in [0.2, 0.25) is 0 Å². The minimum atomic E-state index is 0. The van der Waals surface area contributed by atoms with Gasteiger partial charge in [-0.05, 0) is 19.8 Å². The monoisotopic (exact) mass is 422 g/mol. The summed E-state index contributed by atoms with van der Waals surface area (Å²) in [4.78, 5) is 11.8. The van der Waals surface area contributed by atoms with Crippen molar-refractivity contribution in [2.45, 2.75) is 52.5 Å². The number of hydrogen-bond acceptors (Lipinski definition) is 3. The van der Waals surface area contributed by atoms with Gasteiger partial charge in [0.15, 0.2) is 5.96 Å². The van der Waals surface area contributed by atoms with Crippen molar-refractivity contribution >= 4 is 41.3 Å². The summed E-state index contributed by atoms with van der Waals surface area (Å²) in [5, 5.41) is 6.71. The molecule has 1 aromatic heterocycles. The van der Waals surface area contributed by atoms with Crippen LogP contribution >= 0.6 is 35.3 Å². The molecule has 1 aliphatic heterocycles. The Labute approximate surface area is 149 Å². The number of halogens is 1. The lowest BCUT2D eigenvalue weighted by molar-refractivity contribution is 0.493. The number of nitrogens with zero attached hydrogens (tertiary/aromatic N) is 3. The number of guanidine groups is 1. The Morgan fingerprint density at radius 2 is 2.05 bits per heavy atom.